The van der Waals surface area contributed by atoms with Gasteiger partial charge in [0.25, 0.3) is 5.56 Å². The average molecular weight is 413 g/mol. The number of halogens is 1. The zero-order valence-corrected chi connectivity index (χ0v) is 16.6. The van der Waals surface area contributed by atoms with E-state index >= 15 is 0 Å². The van der Waals surface area contributed by atoms with Crippen LogP contribution >= 0.6 is 11.6 Å². The number of aromatic nitrogens is 2. The van der Waals surface area contributed by atoms with Crippen molar-refractivity contribution >= 4 is 29.0 Å². The predicted octanol–water partition coefficient (Wildman–Crippen LogP) is 2.42. The molecule has 1 amide bonds. The number of H-pyrrole nitrogens is 1. The Hall–Kier alpha value is -3.32. The van der Waals surface area contributed by atoms with E-state index in [0.29, 0.717) is 11.4 Å². The fourth-order valence-electron chi connectivity index (χ4n) is 3.06. The molecule has 150 valence electrons. The van der Waals surface area contributed by atoms with Gasteiger partial charge in [-0.1, -0.05) is 60.1 Å². The highest BCUT2D eigenvalue weighted by Gasteiger charge is 2.21. The van der Waals surface area contributed by atoms with Crippen molar-refractivity contribution in [3.05, 3.63) is 91.6 Å². The smallest absolute Gasteiger partial charge is 0.330 e. The van der Waals surface area contributed by atoms with Crippen molar-refractivity contribution in [2.24, 2.45) is 0 Å². The molecule has 7 nitrogen and oxygen atoms in total. The van der Waals surface area contributed by atoms with Crippen LogP contribution in [0.4, 0.5) is 11.5 Å². The number of nitrogen functional groups attached to an aromatic ring is 1. The normalized spacial score (nSPS) is 10.7. The highest BCUT2D eigenvalue weighted by molar-refractivity contribution is 6.31. The second-order valence-corrected chi connectivity index (χ2v) is 7.02. The molecule has 0 unspecified atom stereocenters. The molecule has 0 aliphatic heterocycles. The van der Waals surface area contributed by atoms with Crippen LogP contribution in [0.5, 0.6) is 0 Å². The van der Waals surface area contributed by atoms with Crippen LogP contribution in [0.25, 0.3) is 0 Å². The SMILES string of the molecule is CN(C(=O)CCc1ccccc1Cl)c1c(N)n(Cc2ccccc2)c(=O)[nH]c1=O. The van der Waals surface area contributed by atoms with Gasteiger partial charge in [0.05, 0.1) is 6.54 Å². The van der Waals surface area contributed by atoms with Gasteiger partial charge < -0.3 is 10.6 Å². The summed E-state index contributed by atoms with van der Waals surface area (Å²) in [5.41, 5.74) is 6.43. The van der Waals surface area contributed by atoms with Gasteiger partial charge in [-0.15, -0.1) is 0 Å². The summed E-state index contributed by atoms with van der Waals surface area (Å²) >= 11 is 6.13. The molecule has 0 bridgehead atoms. The van der Waals surface area contributed by atoms with Gasteiger partial charge in [-0.05, 0) is 23.6 Å². The lowest BCUT2D eigenvalue weighted by atomic mass is 10.1. The Kier molecular flexibility index (Phi) is 6.19. The Bertz CT molecular complexity index is 1140. The molecule has 0 spiro atoms. The molecule has 3 rings (SSSR count). The Morgan fingerprint density at radius 2 is 1.76 bits per heavy atom. The van der Waals surface area contributed by atoms with Gasteiger partial charge >= 0.3 is 5.69 Å². The van der Waals surface area contributed by atoms with Crippen LogP contribution in [-0.2, 0) is 17.8 Å². The minimum Gasteiger partial charge on any atom is -0.383 e. The summed E-state index contributed by atoms with van der Waals surface area (Å²) < 4.78 is 1.24. The number of hydrogen-bond donors (Lipinski definition) is 2. The third kappa shape index (κ3) is 4.57. The van der Waals surface area contributed by atoms with Gasteiger partial charge in [0, 0.05) is 18.5 Å². The van der Waals surface area contributed by atoms with E-state index < -0.39 is 11.2 Å². The van der Waals surface area contributed by atoms with Gasteiger partial charge in [0.2, 0.25) is 5.91 Å². The first-order chi connectivity index (χ1) is 13.9. The summed E-state index contributed by atoms with van der Waals surface area (Å²) in [5, 5.41) is 0.580. The number of carbonyl (C=O) groups is 1. The highest BCUT2D eigenvalue weighted by atomic mass is 35.5. The quantitative estimate of drug-likeness (QED) is 0.649. The van der Waals surface area contributed by atoms with Crippen molar-refractivity contribution in [3.8, 4) is 0 Å². The van der Waals surface area contributed by atoms with Crippen LogP contribution in [0.1, 0.15) is 17.5 Å². The minimum atomic E-state index is -0.703. The molecule has 0 fully saturated rings. The topological polar surface area (TPSA) is 101 Å². The number of nitrogens with zero attached hydrogens (tertiary/aromatic N) is 2. The van der Waals surface area contributed by atoms with Gasteiger partial charge in [-0.2, -0.15) is 0 Å². The number of nitrogens with one attached hydrogen (secondary N) is 1. The molecular weight excluding hydrogens is 392 g/mol. The van der Waals surface area contributed by atoms with E-state index in [2.05, 4.69) is 4.98 Å². The van der Waals surface area contributed by atoms with E-state index in [1.807, 2.05) is 48.5 Å². The van der Waals surface area contributed by atoms with E-state index in [1.165, 1.54) is 16.5 Å². The second-order valence-electron chi connectivity index (χ2n) is 6.61. The summed E-state index contributed by atoms with van der Waals surface area (Å²) in [4.78, 5) is 40.7. The summed E-state index contributed by atoms with van der Waals surface area (Å²) in [6.07, 6.45) is 0.557. The van der Waals surface area contributed by atoms with Crippen LogP contribution in [0, 0.1) is 0 Å². The van der Waals surface area contributed by atoms with E-state index in [-0.39, 0.29) is 30.4 Å². The first-order valence-electron chi connectivity index (χ1n) is 9.05. The number of amides is 1. The summed E-state index contributed by atoms with van der Waals surface area (Å²) in [6, 6.07) is 16.5. The summed E-state index contributed by atoms with van der Waals surface area (Å²) in [5.74, 6) is -0.372. The molecule has 3 N–H and O–H groups in total. The third-order valence-electron chi connectivity index (χ3n) is 4.67. The molecule has 0 saturated heterocycles. The van der Waals surface area contributed by atoms with Crippen molar-refractivity contribution in [2.75, 3.05) is 17.7 Å². The Balaban J connectivity index is 1.86. The van der Waals surface area contributed by atoms with Crippen LogP contribution < -0.4 is 21.9 Å². The number of rotatable bonds is 6. The van der Waals surface area contributed by atoms with Crippen molar-refractivity contribution < 1.29 is 4.79 Å². The third-order valence-corrected chi connectivity index (χ3v) is 5.04. The minimum absolute atomic E-state index is 0.0512. The lowest BCUT2D eigenvalue weighted by Gasteiger charge is -2.20. The van der Waals surface area contributed by atoms with Crippen LogP contribution in [0.15, 0.2) is 64.2 Å². The van der Waals surface area contributed by atoms with Crippen LogP contribution in [-0.4, -0.2) is 22.5 Å². The molecule has 8 heteroatoms. The lowest BCUT2D eigenvalue weighted by Crippen LogP contribution is -2.39. The van der Waals surface area contributed by atoms with E-state index in [4.69, 9.17) is 17.3 Å². The maximum Gasteiger partial charge on any atom is 0.330 e. The maximum absolute atomic E-state index is 12.7. The Morgan fingerprint density at radius 1 is 1.10 bits per heavy atom. The van der Waals surface area contributed by atoms with Crippen molar-refractivity contribution in [1.29, 1.82) is 0 Å². The summed E-state index contributed by atoms with van der Waals surface area (Å²) in [6.45, 7) is 0.178. The van der Waals surface area contributed by atoms with Gasteiger partial charge in [0.1, 0.15) is 5.82 Å². The molecule has 29 heavy (non-hydrogen) atoms. The maximum atomic E-state index is 12.7. The molecular formula is C21H21ClN4O3. The molecule has 2 aromatic carbocycles. The standard InChI is InChI=1S/C21H21ClN4O3/c1-25(17(27)12-11-15-9-5-6-10-16(15)22)18-19(23)26(21(29)24-20(18)28)13-14-7-3-2-4-8-14/h2-10H,11-13,23H2,1H3,(H,24,28,29). The number of anilines is 2. The monoisotopic (exact) mass is 412 g/mol. The number of hydrogen-bond acceptors (Lipinski definition) is 4. The van der Waals surface area contributed by atoms with E-state index in [1.54, 1.807) is 6.07 Å². The first-order valence-corrected chi connectivity index (χ1v) is 9.42. The van der Waals surface area contributed by atoms with Crippen molar-refractivity contribution in [2.45, 2.75) is 19.4 Å². The lowest BCUT2D eigenvalue weighted by molar-refractivity contribution is -0.118. The second kappa shape index (κ2) is 8.79. The number of nitrogens with two attached hydrogens (primary N) is 1. The molecule has 0 atom stereocenters. The largest absolute Gasteiger partial charge is 0.383 e. The fourth-order valence-corrected chi connectivity index (χ4v) is 3.29. The fraction of sp³-hybridized carbons (Fsp3) is 0.190. The number of carbonyl (C=O) groups excluding carboxylic acids is 1. The van der Waals surface area contributed by atoms with Gasteiger partial charge in [-0.25, -0.2) is 4.79 Å². The molecule has 0 aliphatic carbocycles. The highest BCUT2D eigenvalue weighted by Crippen LogP contribution is 2.20. The van der Waals surface area contributed by atoms with Gasteiger partial charge in [-0.3, -0.25) is 19.1 Å². The van der Waals surface area contributed by atoms with Crippen molar-refractivity contribution in [3.63, 3.8) is 0 Å². The van der Waals surface area contributed by atoms with E-state index in [9.17, 15) is 14.4 Å². The predicted molar refractivity (Wildman–Crippen MR) is 114 cm³/mol. The average Bonchev–Trinajstić information content (AvgIpc) is 2.71. The number of aryl methyl sites for hydroxylation is 1. The first kappa shape index (κ1) is 20.4. The number of benzene rings is 2. The zero-order valence-electron chi connectivity index (χ0n) is 15.9. The Morgan fingerprint density at radius 3 is 2.45 bits per heavy atom. The van der Waals surface area contributed by atoms with E-state index in [0.717, 1.165) is 11.1 Å². The molecule has 0 aliphatic rings. The molecule has 1 aromatic heterocycles. The number of aromatic amines is 1. The molecule has 0 radical (unpaired) electrons. The molecule has 1 heterocycles. The van der Waals surface area contributed by atoms with Crippen LogP contribution in [0.2, 0.25) is 5.02 Å². The molecule has 3 aromatic rings. The molecule has 0 saturated carbocycles. The Labute approximate surface area is 172 Å². The van der Waals surface area contributed by atoms with Crippen LogP contribution in [0.3, 0.4) is 0 Å². The summed E-state index contributed by atoms with van der Waals surface area (Å²) in [7, 11) is 1.47. The van der Waals surface area contributed by atoms with Crippen molar-refractivity contribution in [1.82, 2.24) is 9.55 Å². The zero-order chi connectivity index (χ0) is 21.0. The van der Waals surface area contributed by atoms with Gasteiger partial charge in [0.15, 0.2) is 5.69 Å².